The van der Waals surface area contributed by atoms with Crippen molar-refractivity contribution in [1.29, 1.82) is 0 Å². The summed E-state index contributed by atoms with van der Waals surface area (Å²) in [5, 5.41) is 6.14. The molecule has 29 heavy (non-hydrogen) atoms. The Bertz CT molecular complexity index is 901. The molecule has 1 amide bonds. The maximum absolute atomic E-state index is 12.7. The fourth-order valence-electron chi connectivity index (χ4n) is 2.88. The number of benzene rings is 2. The predicted octanol–water partition coefficient (Wildman–Crippen LogP) is 3.56. The van der Waals surface area contributed by atoms with Crippen molar-refractivity contribution in [1.82, 2.24) is 15.3 Å². The van der Waals surface area contributed by atoms with Crippen molar-refractivity contribution in [2.45, 2.75) is 12.8 Å². The highest BCUT2D eigenvalue weighted by Crippen LogP contribution is 2.18. The molecule has 0 fully saturated rings. The molecule has 2 N–H and O–H groups in total. The third-order valence-corrected chi connectivity index (χ3v) is 4.37. The number of nitrogens with zero attached hydrogens (tertiary/aromatic N) is 2. The van der Waals surface area contributed by atoms with Crippen molar-refractivity contribution in [3.63, 3.8) is 0 Å². The number of aromatic nitrogens is 2. The van der Waals surface area contributed by atoms with E-state index in [1.54, 1.807) is 13.2 Å². The highest BCUT2D eigenvalue weighted by molar-refractivity contribution is 5.93. The number of carbonyl (C=O) groups is 1. The smallest absolute Gasteiger partial charge is 0.270 e. The second kappa shape index (κ2) is 10.9. The molecule has 150 valence electrons. The summed E-state index contributed by atoms with van der Waals surface area (Å²) in [6, 6.07) is 21.6. The first kappa shape index (κ1) is 20.5. The van der Waals surface area contributed by atoms with E-state index in [0.717, 1.165) is 18.4 Å². The van der Waals surface area contributed by atoms with Gasteiger partial charge in [-0.25, -0.2) is 9.97 Å². The van der Waals surface area contributed by atoms with E-state index in [1.807, 2.05) is 48.5 Å². The summed E-state index contributed by atoms with van der Waals surface area (Å²) in [7, 11) is 1.64. The zero-order valence-electron chi connectivity index (χ0n) is 16.6. The van der Waals surface area contributed by atoms with E-state index in [-0.39, 0.29) is 5.91 Å². The molecule has 0 radical (unpaired) electrons. The highest BCUT2D eigenvalue weighted by atomic mass is 16.5. The third-order valence-electron chi connectivity index (χ3n) is 4.37. The first-order valence-electron chi connectivity index (χ1n) is 9.75. The van der Waals surface area contributed by atoms with Crippen LogP contribution in [0.1, 0.15) is 22.5 Å². The Kier molecular flexibility index (Phi) is 7.72. The van der Waals surface area contributed by atoms with Crippen LogP contribution in [0.2, 0.25) is 0 Å². The van der Waals surface area contributed by atoms with Gasteiger partial charge in [0.05, 0.1) is 6.61 Å². The summed E-state index contributed by atoms with van der Waals surface area (Å²) in [4.78, 5) is 21.7. The molecular weight excluding hydrogens is 364 g/mol. The second-order valence-electron chi connectivity index (χ2n) is 6.59. The molecule has 0 spiro atoms. The minimum absolute atomic E-state index is 0.201. The summed E-state index contributed by atoms with van der Waals surface area (Å²) < 4.78 is 5.07. The lowest BCUT2D eigenvalue weighted by Gasteiger charge is -2.10. The molecule has 3 rings (SSSR count). The maximum atomic E-state index is 12.7. The zero-order chi connectivity index (χ0) is 20.3. The minimum atomic E-state index is -0.201. The number of methoxy groups -OCH3 is 1. The lowest BCUT2D eigenvalue weighted by molar-refractivity contribution is 0.0948. The Labute approximate surface area is 171 Å². The zero-order valence-corrected chi connectivity index (χ0v) is 16.6. The largest absolute Gasteiger partial charge is 0.383 e. The average Bonchev–Trinajstić information content (AvgIpc) is 2.78. The average molecular weight is 390 g/mol. The summed E-state index contributed by atoms with van der Waals surface area (Å²) in [6.45, 7) is 1.73. The maximum Gasteiger partial charge on any atom is 0.270 e. The van der Waals surface area contributed by atoms with Gasteiger partial charge in [0, 0.05) is 31.8 Å². The lowest BCUT2D eigenvalue weighted by atomic mass is 10.1. The fraction of sp³-hybridized carbons (Fsp3) is 0.261. The fourth-order valence-corrected chi connectivity index (χ4v) is 2.88. The lowest BCUT2D eigenvalue weighted by Crippen LogP contribution is -2.26. The first-order valence-corrected chi connectivity index (χ1v) is 9.75. The van der Waals surface area contributed by atoms with Crippen LogP contribution in [-0.2, 0) is 11.2 Å². The third kappa shape index (κ3) is 6.40. The van der Waals surface area contributed by atoms with Gasteiger partial charge in [-0.1, -0.05) is 60.7 Å². The van der Waals surface area contributed by atoms with Gasteiger partial charge in [-0.05, 0) is 18.4 Å². The number of ether oxygens (including phenoxy) is 1. The Morgan fingerprint density at radius 3 is 2.41 bits per heavy atom. The van der Waals surface area contributed by atoms with Crippen LogP contribution in [0.25, 0.3) is 11.4 Å². The molecule has 0 aliphatic carbocycles. The van der Waals surface area contributed by atoms with Crippen molar-refractivity contribution in [3.05, 3.63) is 78.0 Å². The van der Waals surface area contributed by atoms with E-state index in [2.05, 4.69) is 32.7 Å². The summed E-state index contributed by atoms with van der Waals surface area (Å²) in [6.07, 6.45) is 1.79. The van der Waals surface area contributed by atoms with Gasteiger partial charge in [0.15, 0.2) is 5.82 Å². The van der Waals surface area contributed by atoms with Gasteiger partial charge < -0.3 is 15.4 Å². The first-order chi connectivity index (χ1) is 14.3. The van der Waals surface area contributed by atoms with Crippen LogP contribution in [0.5, 0.6) is 0 Å². The summed E-state index contributed by atoms with van der Waals surface area (Å²) >= 11 is 0. The molecule has 3 aromatic rings. The molecule has 0 unspecified atom stereocenters. The van der Waals surface area contributed by atoms with Crippen LogP contribution in [0.3, 0.4) is 0 Å². The number of anilines is 1. The number of hydrogen-bond donors (Lipinski definition) is 2. The molecule has 0 atom stereocenters. The van der Waals surface area contributed by atoms with Gasteiger partial charge in [0.1, 0.15) is 11.5 Å². The van der Waals surface area contributed by atoms with Crippen molar-refractivity contribution in [2.75, 3.05) is 32.1 Å². The molecule has 6 nitrogen and oxygen atoms in total. The molecule has 0 aliphatic heterocycles. The van der Waals surface area contributed by atoms with Gasteiger partial charge in [-0.3, -0.25) is 4.79 Å². The van der Waals surface area contributed by atoms with Crippen LogP contribution in [0, 0.1) is 0 Å². The van der Waals surface area contributed by atoms with Crippen LogP contribution in [-0.4, -0.2) is 42.7 Å². The number of rotatable bonds is 10. The Balaban J connectivity index is 1.67. The van der Waals surface area contributed by atoms with E-state index in [4.69, 9.17) is 4.74 Å². The predicted molar refractivity (Wildman–Crippen MR) is 115 cm³/mol. The molecule has 1 aromatic heterocycles. The SMILES string of the molecule is COCCNc1cc(C(=O)NCCCc2ccccc2)nc(-c2ccccc2)n1. The quantitative estimate of drug-likeness (QED) is 0.518. The molecular formula is C23H26N4O2. The number of hydrogen-bond acceptors (Lipinski definition) is 5. The monoisotopic (exact) mass is 390 g/mol. The van der Waals surface area contributed by atoms with E-state index in [1.165, 1.54) is 5.56 Å². The Morgan fingerprint density at radius 1 is 0.966 bits per heavy atom. The number of aryl methyl sites for hydroxylation is 1. The van der Waals surface area contributed by atoms with Gasteiger partial charge >= 0.3 is 0 Å². The van der Waals surface area contributed by atoms with Crippen LogP contribution < -0.4 is 10.6 Å². The van der Waals surface area contributed by atoms with Crippen molar-refractivity contribution in [2.24, 2.45) is 0 Å². The minimum Gasteiger partial charge on any atom is -0.383 e. The van der Waals surface area contributed by atoms with Crippen LogP contribution in [0.4, 0.5) is 5.82 Å². The molecule has 0 saturated carbocycles. The Hall–Kier alpha value is -3.25. The van der Waals surface area contributed by atoms with E-state index < -0.39 is 0 Å². The molecule has 0 aliphatic rings. The van der Waals surface area contributed by atoms with Crippen molar-refractivity contribution in [3.8, 4) is 11.4 Å². The topological polar surface area (TPSA) is 76.1 Å². The number of nitrogens with one attached hydrogen (secondary N) is 2. The normalized spacial score (nSPS) is 10.5. The van der Waals surface area contributed by atoms with Gasteiger partial charge in [-0.2, -0.15) is 0 Å². The second-order valence-corrected chi connectivity index (χ2v) is 6.59. The molecule has 0 bridgehead atoms. The molecule has 1 heterocycles. The van der Waals surface area contributed by atoms with E-state index >= 15 is 0 Å². The highest BCUT2D eigenvalue weighted by Gasteiger charge is 2.13. The molecule has 6 heteroatoms. The standard InChI is InChI=1S/C23H26N4O2/c1-29-16-15-24-21-17-20(26-22(27-21)19-12-6-3-7-13-19)23(28)25-14-8-11-18-9-4-2-5-10-18/h2-7,9-10,12-13,17H,8,11,14-16H2,1H3,(H,25,28)(H,24,26,27). The number of amides is 1. The molecule has 0 saturated heterocycles. The van der Waals surface area contributed by atoms with Crippen LogP contribution in [0.15, 0.2) is 66.7 Å². The van der Waals surface area contributed by atoms with Gasteiger partial charge in [-0.15, -0.1) is 0 Å². The van der Waals surface area contributed by atoms with E-state index in [0.29, 0.717) is 37.0 Å². The van der Waals surface area contributed by atoms with Crippen LogP contribution >= 0.6 is 0 Å². The molecule has 2 aromatic carbocycles. The van der Waals surface area contributed by atoms with Crippen molar-refractivity contribution < 1.29 is 9.53 Å². The Morgan fingerprint density at radius 2 is 1.69 bits per heavy atom. The van der Waals surface area contributed by atoms with Gasteiger partial charge in [0.25, 0.3) is 5.91 Å². The number of carbonyl (C=O) groups excluding carboxylic acids is 1. The summed E-state index contributed by atoms with van der Waals surface area (Å²) in [5.41, 5.74) is 2.47. The summed E-state index contributed by atoms with van der Waals surface area (Å²) in [5.74, 6) is 0.917. The van der Waals surface area contributed by atoms with E-state index in [9.17, 15) is 4.79 Å². The van der Waals surface area contributed by atoms with Crippen molar-refractivity contribution >= 4 is 11.7 Å². The van der Waals surface area contributed by atoms with Gasteiger partial charge in [0.2, 0.25) is 0 Å².